The predicted molar refractivity (Wildman–Crippen MR) is 51.2 cm³/mol. The Labute approximate surface area is 87.8 Å². The molecule has 5 nitrogen and oxygen atoms in total. The minimum Gasteiger partial charge on any atom is -0.481 e. The van der Waals surface area contributed by atoms with Crippen molar-refractivity contribution in [1.82, 2.24) is 5.32 Å². The molecule has 2 aliphatic rings. The molecule has 1 unspecified atom stereocenters. The molecule has 5 heteroatoms. The summed E-state index contributed by atoms with van der Waals surface area (Å²) in [6.45, 7) is 0.858. The van der Waals surface area contributed by atoms with Gasteiger partial charge in [-0.2, -0.15) is 0 Å². The molecule has 0 bridgehead atoms. The van der Waals surface area contributed by atoms with Gasteiger partial charge in [-0.25, -0.2) is 0 Å². The quantitative estimate of drug-likeness (QED) is 0.689. The van der Waals surface area contributed by atoms with Crippen molar-refractivity contribution in [3.8, 4) is 0 Å². The maximum Gasteiger partial charge on any atom is 0.313 e. The summed E-state index contributed by atoms with van der Waals surface area (Å²) >= 11 is 0. The van der Waals surface area contributed by atoms with Crippen LogP contribution in [0.4, 0.5) is 0 Å². The first-order valence-corrected chi connectivity index (χ1v) is 5.23. The zero-order valence-corrected chi connectivity index (χ0v) is 8.49. The number of hydrogen-bond acceptors (Lipinski definition) is 3. The third-order valence-corrected chi connectivity index (χ3v) is 3.11. The summed E-state index contributed by atoms with van der Waals surface area (Å²) in [6, 6.07) is 0. The minimum atomic E-state index is -0.898. The van der Waals surface area contributed by atoms with E-state index in [1.165, 1.54) is 0 Å². The molecule has 2 rings (SSSR count). The van der Waals surface area contributed by atoms with Crippen molar-refractivity contribution in [2.24, 2.45) is 11.3 Å². The molecule has 1 aliphatic heterocycles. The van der Waals surface area contributed by atoms with Gasteiger partial charge in [0.25, 0.3) is 0 Å². The first-order chi connectivity index (χ1) is 7.14. The summed E-state index contributed by atoms with van der Waals surface area (Å²) in [6.07, 6.45) is 2.35. The monoisotopic (exact) mass is 213 g/mol. The van der Waals surface area contributed by atoms with Gasteiger partial charge in [0, 0.05) is 19.1 Å². The normalized spacial score (nSPS) is 30.1. The average molecular weight is 213 g/mol. The number of carbonyl (C=O) groups is 2. The Bertz CT molecular complexity index is 279. The van der Waals surface area contributed by atoms with E-state index >= 15 is 0 Å². The van der Waals surface area contributed by atoms with Gasteiger partial charge in [-0.15, -0.1) is 0 Å². The lowest BCUT2D eigenvalue weighted by Gasteiger charge is -2.22. The number of carboxylic acid groups (broad SMARTS) is 1. The second-order valence-corrected chi connectivity index (χ2v) is 4.38. The van der Waals surface area contributed by atoms with Gasteiger partial charge in [-0.3, -0.25) is 9.59 Å². The van der Waals surface area contributed by atoms with Crippen molar-refractivity contribution in [2.45, 2.75) is 19.3 Å². The minimum absolute atomic E-state index is 0.0116. The van der Waals surface area contributed by atoms with E-state index in [1.54, 1.807) is 0 Å². The van der Waals surface area contributed by atoms with Crippen molar-refractivity contribution in [3.05, 3.63) is 0 Å². The zero-order chi connectivity index (χ0) is 10.9. The summed E-state index contributed by atoms with van der Waals surface area (Å²) in [5.41, 5.74) is -0.898. The van der Waals surface area contributed by atoms with Crippen LogP contribution in [0.3, 0.4) is 0 Å². The van der Waals surface area contributed by atoms with Crippen LogP contribution in [0, 0.1) is 11.3 Å². The lowest BCUT2D eigenvalue weighted by molar-refractivity contribution is -0.148. The number of nitrogens with one attached hydrogen (secondary N) is 1. The summed E-state index contributed by atoms with van der Waals surface area (Å²) in [7, 11) is 0. The van der Waals surface area contributed by atoms with E-state index in [9.17, 15) is 9.59 Å². The molecule has 84 valence electrons. The molecule has 1 amide bonds. The van der Waals surface area contributed by atoms with Gasteiger partial charge in [0.1, 0.15) is 5.41 Å². The van der Waals surface area contributed by atoms with E-state index in [0.29, 0.717) is 13.0 Å². The Hall–Kier alpha value is -1.10. The maximum absolute atomic E-state index is 11.4. The molecule has 2 N–H and O–H groups in total. The predicted octanol–water partition coefficient (Wildman–Crippen LogP) is 0.00390. The number of hydrogen-bond donors (Lipinski definition) is 2. The van der Waals surface area contributed by atoms with Gasteiger partial charge >= 0.3 is 5.97 Å². The highest BCUT2D eigenvalue weighted by Gasteiger charge is 2.43. The molecule has 1 aliphatic carbocycles. The lowest BCUT2D eigenvalue weighted by atomic mass is 9.87. The fourth-order valence-electron chi connectivity index (χ4n) is 1.74. The standard InChI is InChI=1S/C10H15NO4/c12-8(7-1-2-7)11-5-10(9(13)14)3-4-15-6-10/h7H,1-6H2,(H,11,12)(H,13,14). The van der Waals surface area contributed by atoms with Gasteiger partial charge in [0.05, 0.1) is 6.61 Å². The fraction of sp³-hybridized carbons (Fsp3) is 0.800. The molecule has 0 spiro atoms. The molecule has 1 heterocycles. The van der Waals surface area contributed by atoms with E-state index in [0.717, 1.165) is 12.8 Å². The summed E-state index contributed by atoms with van der Waals surface area (Å²) in [5, 5.41) is 11.8. The smallest absolute Gasteiger partial charge is 0.313 e. The number of aliphatic carboxylic acids is 1. The van der Waals surface area contributed by atoms with Crippen molar-refractivity contribution < 1.29 is 19.4 Å². The van der Waals surface area contributed by atoms with Gasteiger partial charge in [0.15, 0.2) is 0 Å². The highest BCUT2D eigenvalue weighted by molar-refractivity contribution is 5.82. The van der Waals surface area contributed by atoms with E-state index in [2.05, 4.69) is 5.32 Å². The van der Waals surface area contributed by atoms with Crippen LogP contribution < -0.4 is 5.32 Å². The van der Waals surface area contributed by atoms with Crippen LogP contribution >= 0.6 is 0 Å². The van der Waals surface area contributed by atoms with Crippen molar-refractivity contribution in [1.29, 1.82) is 0 Å². The molecule has 1 saturated carbocycles. The Balaban J connectivity index is 1.89. The number of carboxylic acids is 1. The summed E-state index contributed by atoms with van der Waals surface area (Å²) in [4.78, 5) is 22.5. The lowest BCUT2D eigenvalue weighted by Crippen LogP contribution is -2.44. The molecule has 15 heavy (non-hydrogen) atoms. The van der Waals surface area contributed by atoms with Crippen LogP contribution in [0.1, 0.15) is 19.3 Å². The second-order valence-electron chi connectivity index (χ2n) is 4.38. The Kier molecular flexibility index (Phi) is 2.65. The highest BCUT2D eigenvalue weighted by Crippen LogP contribution is 2.31. The zero-order valence-electron chi connectivity index (χ0n) is 8.49. The molecule has 1 saturated heterocycles. The summed E-state index contributed by atoms with van der Waals surface area (Å²) in [5.74, 6) is -0.767. The van der Waals surface area contributed by atoms with E-state index < -0.39 is 11.4 Å². The van der Waals surface area contributed by atoms with Crippen LogP contribution in [0.15, 0.2) is 0 Å². The molecule has 0 aromatic rings. The molecule has 2 fully saturated rings. The number of carbonyl (C=O) groups excluding carboxylic acids is 1. The first-order valence-electron chi connectivity index (χ1n) is 5.23. The van der Waals surface area contributed by atoms with E-state index in [-0.39, 0.29) is 25.0 Å². The molecular weight excluding hydrogens is 198 g/mol. The van der Waals surface area contributed by atoms with Gasteiger partial charge < -0.3 is 15.2 Å². The molecule has 0 aromatic heterocycles. The number of rotatable bonds is 4. The number of ether oxygens (including phenoxy) is 1. The Morgan fingerprint density at radius 3 is 2.67 bits per heavy atom. The number of amides is 1. The first kappa shape index (κ1) is 10.4. The molecule has 1 atom stereocenters. The van der Waals surface area contributed by atoms with Crippen molar-refractivity contribution >= 4 is 11.9 Å². The van der Waals surface area contributed by atoms with E-state index in [4.69, 9.17) is 9.84 Å². The molecular formula is C10H15NO4. The van der Waals surface area contributed by atoms with Gasteiger partial charge in [-0.1, -0.05) is 0 Å². The second kappa shape index (κ2) is 3.81. The highest BCUT2D eigenvalue weighted by atomic mass is 16.5. The van der Waals surface area contributed by atoms with Crippen LogP contribution in [-0.2, 0) is 14.3 Å². The van der Waals surface area contributed by atoms with Crippen molar-refractivity contribution in [3.63, 3.8) is 0 Å². The SMILES string of the molecule is O=C(NCC1(C(=O)O)CCOC1)C1CC1. The van der Waals surface area contributed by atoms with Gasteiger partial charge in [0.2, 0.25) is 5.91 Å². The van der Waals surface area contributed by atoms with Crippen molar-refractivity contribution in [2.75, 3.05) is 19.8 Å². The Morgan fingerprint density at radius 2 is 2.20 bits per heavy atom. The average Bonchev–Trinajstić information content (AvgIpc) is 2.94. The third kappa shape index (κ3) is 2.12. The van der Waals surface area contributed by atoms with Gasteiger partial charge in [-0.05, 0) is 19.3 Å². The topological polar surface area (TPSA) is 75.6 Å². The van der Waals surface area contributed by atoms with Crippen LogP contribution in [0.5, 0.6) is 0 Å². The Morgan fingerprint density at radius 1 is 1.47 bits per heavy atom. The van der Waals surface area contributed by atoms with Crippen LogP contribution in [-0.4, -0.2) is 36.7 Å². The van der Waals surface area contributed by atoms with E-state index in [1.807, 2.05) is 0 Å². The maximum atomic E-state index is 11.4. The summed E-state index contributed by atoms with van der Waals surface area (Å²) < 4.78 is 5.10. The largest absolute Gasteiger partial charge is 0.481 e. The molecule has 0 aromatic carbocycles. The fourth-order valence-corrected chi connectivity index (χ4v) is 1.74. The molecule has 0 radical (unpaired) electrons. The third-order valence-electron chi connectivity index (χ3n) is 3.11. The van der Waals surface area contributed by atoms with Crippen LogP contribution in [0.2, 0.25) is 0 Å². The van der Waals surface area contributed by atoms with Crippen LogP contribution in [0.25, 0.3) is 0 Å².